The van der Waals surface area contributed by atoms with Crippen molar-refractivity contribution in [2.24, 2.45) is 0 Å². The molecule has 1 rings (SSSR count). The normalized spacial score (nSPS) is 12.6. The monoisotopic (exact) mass is 273 g/mol. The van der Waals surface area contributed by atoms with Crippen LogP contribution in [0.15, 0.2) is 18.2 Å². The summed E-state index contributed by atoms with van der Waals surface area (Å²) in [6.45, 7) is 4.12. The van der Waals surface area contributed by atoms with Gasteiger partial charge in [-0.15, -0.1) is 0 Å². The molecule has 0 aliphatic carbocycles. The summed E-state index contributed by atoms with van der Waals surface area (Å²) in [5, 5.41) is 3.08. The largest absolute Gasteiger partial charge is 0.382 e. The number of benzene rings is 1. The Hall–Kier alpha value is -1.04. The maximum Gasteiger partial charge on any atom is 0.130 e. The fourth-order valence-corrected chi connectivity index (χ4v) is 1.76. The number of hydrogen-bond donors (Lipinski definition) is 1. The van der Waals surface area contributed by atoms with E-state index in [2.05, 4.69) is 5.32 Å². The molecule has 1 unspecified atom stereocenters. The van der Waals surface area contributed by atoms with Crippen molar-refractivity contribution >= 4 is 0 Å². The number of nitrogens with one attached hydrogen (secondary N) is 1. The van der Waals surface area contributed by atoms with E-state index in [0.717, 1.165) is 6.42 Å². The van der Waals surface area contributed by atoms with E-state index in [4.69, 9.17) is 9.47 Å². The lowest BCUT2D eigenvalue weighted by Crippen LogP contribution is -2.23. The third-order valence-corrected chi connectivity index (χ3v) is 2.78. The number of halogens is 2. The smallest absolute Gasteiger partial charge is 0.130 e. The van der Waals surface area contributed by atoms with Crippen LogP contribution in [0.5, 0.6) is 0 Å². The maximum absolute atomic E-state index is 13.5. The molecule has 0 aromatic heterocycles. The highest BCUT2D eigenvalue weighted by atomic mass is 19.1. The highest BCUT2D eigenvalue weighted by molar-refractivity contribution is 5.22. The first-order valence-corrected chi connectivity index (χ1v) is 6.40. The van der Waals surface area contributed by atoms with Crippen LogP contribution >= 0.6 is 0 Å². The van der Waals surface area contributed by atoms with Crippen LogP contribution in [0.25, 0.3) is 0 Å². The van der Waals surface area contributed by atoms with Gasteiger partial charge in [0.25, 0.3) is 0 Å². The summed E-state index contributed by atoms with van der Waals surface area (Å²) in [5.74, 6) is -1.03. The Morgan fingerprint density at radius 3 is 2.47 bits per heavy atom. The van der Waals surface area contributed by atoms with Crippen LogP contribution in [-0.4, -0.2) is 33.5 Å². The Morgan fingerprint density at radius 2 is 1.84 bits per heavy atom. The van der Waals surface area contributed by atoms with Gasteiger partial charge in [0.2, 0.25) is 0 Å². The zero-order valence-corrected chi connectivity index (χ0v) is 11.4. The van der Waals surface area contributed by atoms with E-state index in [9.17, 15) is 8.78 Å². The summed E-state index contributed by atoms with van der Waals surface area (Å²) in [5.41, 5.74) is 0.0859. The summed E-state index contributed by atoms with van der Waals surface area (Å²) in [6, 6.07) is 3.54. The Balaban J connectivity index is 2.26. The van der Waals surface area contributed by atoms with E-state index in [1.807, 2.05) is 0 Å². The molecule has 0 heterocycles. The lowest BCUT2D eigenvalue weighted by Gasteiger charge is -2.15. The molecule has 1 atom stereocenters. The van der Waals surface area contributed by atoms with Gasteiger partial charge < -0.3 is 14.8 Å². The zero-order chi connectivity index (χ0) is 14.1. The highest BCUT2D eigenvalue weighted by Crippen LogP contribution is 2.19. The van der Waals surface area contributed by atoms with E-state index >= 15 is 0 Å². The summed E-state index contributed by atoms with van der Waals surface area (Å²) in [6.07, 6.45) is 0.782. The summed E-state index contributed by atoms with van der Waals surface area (Å²) in [4.78, 5) is 0. The molecule has 0 fully saturated rings. The molecule has 0 spiro atoms. The van der Waals surface area contributed by atoms with Crippen molar-refractivity contribution in [2.75, 3.05) is 33.5 Å². The standard InChI is InChI=1S/C14H21F2NO2/c1-11(14-12(15)5-3-6-13(14)16)17-7-4-8-19-10-9-18-2/h3,5-6,11,17H,4,7-10H2,1-2H3. The molecular weight excluding hydrogens is 252 g/mol. The number of hydrogen-bond acceptors (Lipinski definition) is 3. The van der Waals surface area contributed by atoms with Gasteiger partial charge in [-0.1, -0.05) is 6.07 Å². The molecule has 0 amide bonds. The molecule has 108 valence electrons. The first-order chi connectivity index (χ1) is 9.16. The van der Waals surface area contributed by atoms with Gasteiger partial charge in [-0.2, -0.15) is 0 Å². The lowest BCUT2D eigenvalue weighted by molar-refractivity contribution is 0.0693. The molecule has 1 aromatic rings. The summed E-state index contributed by atoms with van der Waals surface area (Å²) in [7, 11) is 1.62. The van der Waals surface area contributed by atoms with Crippen molar-refractivity contribution < 1.29 is 18.3 Å². The van der Waals surface area contributed by atoms with E-state index in [-0.39, 0.29) is 11.6 Å². The molecule has 0 aliphatic rings. The molecule has 3 nitrogen and oxygen atoms in total. The van der Waals surface area contributed by atoms with E-state index < -0.39 is 11.6 Å². The van der Waals surface area contributed by atoms with Crippen LogP contribution in [0, 0.1) is 11.6 Å². The van der Waals surface area contributed by atoms with Gasteiger partial charge in [0.1, 0.15) is 11.6 Å². The minimum Gasteiger partial charge on any atom is -0.382 e. The van der Waals surface area contributed by atoms with Crippen LogP contribution < -0.4 is 5.32 Å². The molecule has 19 heavy (non-hydrogen) atoms. The van der Waals surface area contributed by atoms with Crippen molar-refractivity contribution in [1.82, 2.24) is 5.32 Å². The molecule has 0 saturated carbocycles. The van der Waals surface area contributed by atoms with Crippen molar-refractivity contribution in [2.45, 2.75) is 19.4 Å². The average molecular weight is 273 g/mol. The molecular formula is C14H21F2NO2. The fourth-order valence-electron chi connectivity index (χ4n) is 1.76. The SMILES string of the molecule is COCCOCCCNC(C)c1c(F)cccc1F. The summed E-state index contributed by atoms with van der Waals surface area (Å²) < 4.78 is 37.1. The van der Waals surface area contributed by atoms with Gasteiger partial charge in [0.15, 0.2) is 0 Å². The third kappa shape index (κ3) is 5.63. The fraction of sp³-hybridized carbons (Fsp3) is 0.571. The number of rotatable bonds is 9. The molecule has 0 saturated heterocycles. The van der Waals surface area contributed by atoms with Crippen LogP contribution in [0.1, 0.15) is 24.9 Å². The third-order valence-electron chi connectivity index (χ3n) is 2.78. The second kappa shape index (κ2) is 8.96. The van der Waals surface area contributed by atoms with Crippen molar-refractivity contribution in [1.29, 1.82) is 0 Å². The minimum absolute atomic E-state index is 0.0859. The van der Waals surface area contributed by atoms with Gasteiger partial charge in [0, 0.05) is 25.3 Å². The van der Waals surface area contributed by atoms with Crippen molar-refractivity contribution in [3.05, 3.63) is 35.4 Å². The maximum atomic E-state index is 13.5. The molecule has 0 radical (unpaired) electrons. The predicted octanol–water partition coefficient (Wildman–Crippen LogP) is 2.67. The number of ether oxygens (including phenoxy) is 2. The summed E-state index contributed by atoms with van der Waals surface area (Å²) >= 11 is 0. The van der Waals surface area contributed by atoms with Gasteiger partial charge in [-0.05, 0) is 32.0 Å². The Morgan fingerprint density at radius 1 is 1.16 bits per heavy atom. The van der Waals surface area contributed by atoms with Crippen molar-refractivity contribution in [3.8, 4) is 0 Å². The van der Waals surface area contributed by atoms with Crippen molar-refractivity contribution in [3.63, 3.8) is 0 Å². The first-order valence-electron chi connectivity index (χ1n) is 6.40. The lowest BCUT2D eigenvalue weighted by atomic mass is 10.1. The molecule has 0 bridgehead atoms. The van der Waals surface area contributed by atoms with Crippen LogP contribution in [0.2, 0.25) is 0 Å². The van der Waals surface area contributed by atoms with E-state index in [1.165, 1.54) is 18.2 Å². The van der Waals surface area contributed by atoms with E-state index in [1.54, 1.807) is 14.0 Å². The van der Waals surface area contributed by atoms with Crippen LogP contribution in [0.4, 0.5) is 8.78 Å². The predicted molar refractivity (Wildman–Crippen MR) is 70.1 cm³/mol. The molecule has 5 heteroatoms. The second-order valence-corrected chi connectivity index (χ2v) is 4.27. The Bertz CT molecular complexity index is 354. The minimum atomic E-state index is -0.517. The second-order valence-electron chi connectivity index (χ2n) is 4.27. The van der Waals surface area contributed by atoms with Gasteiger partial charge >= 0.3 is 0 Å². The Labute approximate surface area is 112 Å². The quantitative estimate of drug-likeness (QED) is 0.702. The first kappa shape index (κ1) is 16.0. The molecule has 0 aliphatic heterocycles. The van der Waals surface area contributed by atoms with Crippen LogP contribution in [0.3, 0.4) is 0 Å². The molecule has 1 N–H and O–H groups in total. The van der Waals surface area contributed by atoms with Crippen LogP contribution in [-0.2, 0) is 9.47 Å². The number of methoxy groups -OCH3 is 1. The van der Waals surface area contributed by atoms with E-state index in [0.29, 0.717) is 26.4 Å². The zero-order valence-electron chi connectivity index (χ0n) is 11.4. The van der Waals surface area contributed by atoms with Gasteiger partial charge in [0.05, 0.1) is 13.2 Å². The van der Waals surface area contributed by atoms with Gasteiger partial charge in [-0.3, -0.25) is 0 Å². The molecule has 1 aromatic carbocycles. The van der Waals surface area contributed by atoms with Gasteiger partial charge in [-0.25, -0.2) is 8.78 Å². The highest BCUT2D eigenvalue weighted by Gasteiger charge is 2.14. The average Bonchev–Trinajstić information content (AvgIpc) is 2.37. The Kier molecular flexibility index (Phi) is 7.55. The topological polar surface area (TPSA) is 30.5 Å².